The Kier molecular flexibility index (Phi) is 5.52. The Morgan fingerprint density at radius 3 is 2.83 bits per heavy atom. The lowest BCUT2D eigenvalue weighted by molar-refractivity contribution is -0.127. The quantitative estimate of drug-likeness (QED) is 0.813. The molecular weight excluding hydrogens is 329 g/mol. The number of imidazole rings is 1. The molecule has 0 radical (unpaired) electrons. The number of aromatic nitrogens is 2. The molecule has 7 heteroatoms. The Morgan fingerprint density at radius 1 is 1.33 bits per heavy atom. The minimum absolute atomic E-state index is 0.114. The highest BCUT2D eigenvalue weighted by Crippen LogP contribution is 2.22. The van der Waals surface area contributed by atoms with Crippen LogP contribution in [-0.2, 0) is 17.9 Å². The van der Waals surface area contributed by atoms with E-state index in [1.165, 1.54) is 23.9 Å². The van der Waals surface area contributed by atoms with Gasteiger partial charge in [0.2, 0.25) is 5.91 Å². The van der Waals surface area contributed by atoms with Gasteiger partial charge < -0.3 is 14.6 Å². The summed E-state index contributed by atoms with van der Waals surface area (Å²) in [5.74, 6) is 0.144. The number of hydrogen-bond donors (Lipinski definition) is 1. The van der Waals surface area contributed by atoms with E-state index in [2.05, 4.69) is 4.98 Å². The average molecular weight is 349 g/mol. The molecule has 128 valence electrons. The van der Waals surface area contributed by atoms with E-state index in [1.54, 1.807) is 12.3 Å². The van der Waals surface area contributed by atoms with Crippen LogP contribution in [0.3, 0.4) is 0 Å². The smallest absolute Gasteiger partial charge is 0.233 e. The molecule has 0 bridgehead atoms. The number of likely N-dealkylation sites (tertiary alicyclic amines) is 1. The molecule has 1 saturated heterocycles. The Hall–Kier alpha value is -1.86. The van der Waals surface area contributed by atoms with Crippen LogP contribution in [0.5, 0.6) is 0 Å². The minimum atomic E-state index is -0.295. The molecule has 24 heavy (non-hydrogen) atoms. The highest BCUT2D eigenvalue weighted by molar-refractivity contribution is 7.99. The van der Waals surface area contributed by atoms with Crippen molar-refractivity contribution >= 4 is 17.7 Å². The van der Waals surface area contributed by atoms with Gasteiger partial charge in [-0.2, -0.15) is 0 Å². The molecule has 3 rings (SSSR count). The maximum absolute atomic E-state index is 13.4. The third-order valence-corrected chi connectivity index (χ3v) is 5.05. The fourth-order valence-electron chi connectivity index (χ4n) is 2.80. The monoisotopic (exact) mass is 349 g/mol. The molecule has 0 saturated carbocycles. The van der Waals surface area contributed by atoms with E-state index < -0.39 is 0 Å². The average Bonchev–Trinajstić information content (AvgIpc) is 3.23. The second kappa shape index (κ2) is 7.81. The van der Waals surface area contributed by atoms with Crippen molar-refractivity contribution in [2.45, 2.75) is 31.1 Å². The molecule has 2 aromatic rings. The van der Waals surface area contributed by atoms with Crippen LogP contribution in [0, 0.1) is 5.82 Å². The van der Waals surface area contributed by atoms with E-state index in [9.17, 15) is 14.3 Å². The lowest BCUT2D eigenvalue weighted by Gasteiger charge is -2.15. The van der Waals surface area contributed by atoms with Gasteiger partial charge in [0.1, 0.15) is 5.82 Å². The summed E-state index contributed by atoms with van der Waals surface area (Å²) in [5.41, 5.74) is 1.44. The number of carbonyl (C=O) groups excluding carboxylic acids is 1. The van der Waals surface area contributed by atoms with Gasteiger partial charge in [-0.05, 0) is 30.5 Å². The summed E-state index contributed by atoms with van der Waals surface area (Å²) >= 11 is 1.36. The number of aliphatic hydroxyl groups is 1. The molecule has 1 aromatic carbocycles. The number of carbonyl (C=O) groups is 1. The lowest BCUT2D eigenvalue weighted by atomic mass is 10.2. The Bertz CT molecular complexity index is 714. The van der Waals surface area contributed by atoms with Crippen molar-refractivity contribution in [3.63, 3.8) is 0 Å². The summed E-state index contributed by atoms with van der Waals surface area (Å²) in [4.78, 5) is 18.4. The first-order chi connectivity index (χ1) is 11.7. The number of aliphatic hydroxyl groups excluding tert-OH is 1. The number of hydrogen-bond acceptors (Lipinski definition) is 4. The normalized spacial score (nSPS) is 14.3. The van der Waals surface area contributed by atoms with Crippen LogP contribution in [0.15, 0.2) is 35.6 Å². The zero-order valence-electron chi connectivity index (χ0n) is 13.3. The number of halogens is 1. The molecule has 1 N–H and O–H groups in total. The summed E-state index contributed by atoms with van der Waals surface area (Å²) < 4.78 is 15.2. The summed E-state index contributed by atoms with van der Waals surface area (Å²) in [5, 5.41) is 10.2. The Labute approximate surface area is 144 Å². The van der Waals surface area contributed by atoms with Gasteiger partial charge in [0, 0.05) is 13.1 Å². The van der Waals surface area contributed by atoms with Crippen LogP contribution >= 0.6 is 11.8 Å². The number of thioether (sulfide) groups is 1. The largest absolute Gasteiger partial charge is 0.390 e. The molecule has 0 spiro atoms. The number of rotatable bonds is 6. The van der Waals surface area contributed by atoms with Gasteiger partial charge in [0.05, 0.1) is 30.8 Å². The predicted molar refractivity (Wildman–Crippen MR) is 90.2 cm³/mol. The van der Waals surface area contributed by atoms with Crippen LogP contribution in [0.1, 0.15) is 24.1 Å². The zero-order chi connectivity index (χ0) is 16.9. The van der Waals surface area contributed by atoms with Gasteiger partial charge in [0.25, 0.3) is 0 Å². The van der Waals surface area contributed by atoms with Crippen LogP contribution in [0.25, 0.3) is 0 Å². The molecule has 5 nitrogen and oxygen atoms in total. The number of benzene rings is 1. The maximum Gasteiger partial charge on any atom is 0.233 e. The first-order valence-electron chi connectivity index (χ1n) is 7.97. The second-order valence-electron chi connectivity index (χ2n) is 5.78. The van der Waals surface area contributed by atoms with E-state index in [0.717, 1.165) is 31.5 Å². The fourth-order valence-corrected chi connectivity index (χ4v) is 3.70. The minimum Gasteiger partial charge on any atom is -0.390 e. The SMILES string of the molecule is O=C(CSc1ncc(CO)n1Cc1cccc(F)c1)N1CCCC1. The summed E-state index contributed by atoms with van der Waals surface area (Å²) in [6.07, 6.45) is 3.74. The van der Waals surface area contributed by atoms with Crippen LogP contribution in [0.2, 0.25) is 0 Å². The molecule has 0 unspecified atom stereocenters. The molecule has 1 aromatic heterocycles. The van der Waals surface area contributed by atoms with Gasteiger partial charge in [-0.25, -0.2) is 9.37 Å². The van der Waals surface area contributed by atoms with Crippen molar-refractivity contribution in [2.75, 3.05) is 18.8 Å². The highest BCUT2D eigenvalue weighted by Gasteiger charge is 2.19. The van der Waals surface area contributed by atoms with E-state index in [0.29, 0.717) is 23.1 Å². The number of nitrogens with zero attached hydrogens (tertiary/aromatic N) is 3. The maximum atomic E-state index is 13.4. The Morgan fingerprint density at radius 2 is 2.12 bits per heavy atom. The second-order valence-corrected chi connectivity index (χ2v) is 6.73. The fraction of sp³-hybridized carbons (Fsp3) is 0.412. The third-order valence-electron chi connectivity index (χ3n) is 4.08. The van der Waals surface area contributed by atoms with Gasteiger partial charge in [-0.1, -0.05) is 23.9 Å². The molecule has 1 aliphatic rings. The van der Waals surface area contributed by atoms with Crippen molar-refractivity contribution in [3.8, 4) is 0 Å². The van der Waals surface area contributed by atoms with Gasteiger partial charge in [-0.15, -0.1) is 0 Å². The summed E-state index contributed by atoms with van der Waals surface area (Å²) in [7, 11) is 0. The first-order valence-corrected chi connectivity index (χ1v) is 8.96. The molecule has 1 aliphatic heterocycles. The zero-order valence-corrected chi connectivity index (χ0v) is 14.1. The van der Waals surface area contributed by atoms with Crippen molar-refractivity contribution in [1.82, 2.24) is 14.5 Å². The van der Waals surface area contributed by atoms with Crippen molar-refractivity contribution < 1.29 is 14.3 Å². The van der Waals surface area contributed by atoms with E-state index in [4.69, 9.17) is 0 Å². The van der Waals surface area contributed by atoms with Crippen LogP contribution in [-0.4, -0.2) is 44.3 Å². The molecule has 1 amide bonds. The highest BCUT2D eigenvalue weighted by atomic mass is 32.2. The molecule has 0 atom stereocenters. The molecule has 1 fully saturated rings. The molecule has 2 heterocycles. The van der Waals surface area contributed by atoms with Crippen LogP contribution < -0.4 is 0 Å². The lowest BCUT2D eigenvalue weighted by Crippen LogP contribution is -2.29. The first kappa shape index (κ1) is 17.0. The molecular formula is C17H20FN3O2S. The summed E-state index contributed by atoms with van der Waals surface area (Å²) in [6, 6.07) is 6.34. The summed E-state index contributed by atoms with van der Waals surface area (Å²) in [6.45, 7) is 1.93. The van der Waals surface area contributed by atoms with E-state index in [-0.39, 0.29) is 18.3 Å². The van der Waals surface area contributed by atoms with Crippen molar-refractivity contribution in [3.05, 3.63) is 47.5 Å². The van der Waals surface area contributed by atoms with Crippen molar-refractivity contribution in [1.29, 1.82) is 0 Å². The third kappa shape index (κ3) is 3.96. The van der Waals surface area contributed by atoms with Crippen molar-refractivity contribution in [2.24, 2.45) is 0 Å². The van der Waals surface area contributed by atoms with Gasteiger partial charge in [-0.3, -0.25) is 4.79 Å². The van der Waals surface area contributed by atoms with Gasteiger partial charge >= 0.3 is 0 Å². The molecule has 0 aliphatic carbocycles. The predicted octanol–water partition coefficient (Wildman–Crippen LogP) is 2.28. The number of amides is 1. The standard InChI is InChI=1S/C17H20FN3O2S/c18-14-5-3-4-13(8-14)10-21-15(11-22)9-19-17(21)24-12-16(23)20-6-1-2-7-20/h3-5,8-9,22H,1-2,6-7,10-12H2. The van der Waals surface area contributed by atoms with Crippen LogP contribution in [0.4, 0.5) is 4.39 Å². The van der Waals surface area contributed by atoms with Gasteiger partial charge in [0.15, 0.2) is 5.16 Å². The topological polar surface area (TPSA) is 58.4 Å². The Balaban J connectivity index is 1.71. The van der Waals surface area contributed by atoms with E-state index >= 15 is 0 Å². The van der Waals surface area contributed by atoms with E-state index in [1.807, 2.05) is 15.5 Å².